The molecule has 20 heavy (non-hydrogen) atoms. The maximum absolute atomic E-state index is 10.4. The Morgan fingerprint density at radius 1 is 0.900 bits per heavy atom. The van der Waals surface area contributed by atoms with Crippen molar-refractivity contribution >= 4 is 0 Å². The number of nitrogens with zero attached hydrogens (tertiary/aromatic N) is 2. The van der Waals surface area contributed by atoms with Crippen LogP contribution >= 0.6 is 0 Å². The molecule has 0 aliphatic heterocycles. The van der Waals surface area contributed by atoms with Crippen LogP contribution in [0.15, 0.2) is 12.1 Å². The second-order valence-corrected chi connectivity index (χ2v) is 5.35. The summed E-state index contributed by atoms with van der Waals surface area (Å²) >= 11 is 0. The zero-order valence-electron chi connectivity index (χ0n) is 12.6. The summed E-state index contributed by atoms with van der Waals surface area (Å²) in [5.41, 5.74) is 2.84. The fourth-order valence-corrected chi connectivity index (χ4v) is 2.26. The molecule has 0 saturated carbocycles. The van der Waals surface area contributed by atoms with Gasteiger partial charge in [0.1, 0.15) is 5.75 Å². The number of likely N-dealkylation sites (N-methyl/N-ethyl adjacent to an activating group) is 2. The van der Waals surface area contributed by atoms with Crippen molar-refractivity contribution in [2.75, 3.05) is 40.4 Å². The SMILES string of the molecule is Cc1cc(CN(C)CCO)c(O)c(CN(C)CCO)c1. The van der Waals surface area contributed by atoms with E-state index in [1.165, 1.54) is 0 Å². The van der Waals surface area contributed by atoms with Crippen LogP contribution in [-0.4, -0.2) is 65.5 Å². The summed E-state index contributed by atoms with van der Waals surface area (Å²) in [6.45, 7) is 4.57. The van der Waals surface area contributed by atoms with Gasteiger partial charge in [-0.3, -0.25) is 9.80 Å². The number of aryl methyl sites for hydroxylation is 1. The second-order valence-electron chi connectivity index (χ2n) is 5.35. The van der Waals surface area contributed by atoms with E-state index >= 15 is 0 Å². The number of rotatable bonds is 8. The van der Waals surface area contributed by atoms with E-state index < -0.39 is 0 Å². The third-order valence-corrected chi connectivity index (χ3v) is 3.26. The number of phenols is 1. The van der Waals surface area contributed by atoms with Crippen molar-refractivity contribution in [1.29, 1.82) is 0 Å². The van der Waals surface area contributed by atoms with E-state index in [-0.39, 0.29) is 13.2 Å². The summed E-state index contributed by atoms with van der Waals surface area (Å²) in [6.07, 6.45) is 0. The molecule has 0 unspecified atom stereocenters. The summed E-state index contributed by atoms with van der Waals surface area (Å²) in [4.78, 5) is 3.94. The van der Waals surface area contributed by atoms with Gasteiger partial charge in [-0.2, -0.15) is 0 Å². The molecule has 0 amide bonds. The molecule has 0 fully saturated rings. The third-order valence-electron chi connectivity index (χ3n) is 3.26. The normalized spacial score (nSPS) is 11.6. The van der Waals surface area contributed by atoms with Gasteiger partial charge in [-0.25, -0.2) is 0 Å². The van der Waals surface area contributed by atoms with Crippen molar-refractivity contribution in [1.82, 2.24) is 9.80 Å². The number of aromatic hydroxyl groups is 1. The minimum Gasteiger partial charge on any atom is -0.507 e. The Balaban J connectivity index is 2.88. The highest BCUT2D eigenvalue weighted by atomic mass is 16.3. The molecule has 0 aromatic heterocycles. The molecule has 1 aromatic rings. The lowest BCUT2D eigenvalue weighted by atomic mass is 10.0. The smallest absolute Gasteiger partial charge is 0.124 e. The number of hydrogen-bond donors (Lipinski definition) is 3. The highest BCUT2D eigenvalue weighted by Gasteiger charge is 2.12. The average Bonchev–Trinajstić information content (AvgIpc) is 2.35. The van der Waals surface area contributed by atoms with Crippen molar-refractivity contribution in [3.8, 4) is 5.75 Å². The number of benzene rings is 1. The molecule has 0 aliphatic carbocycles. The van der Waals surface area contributed by atoms with Crippen LogP contribution in [0.2, 0.25) is 0 Å². The zero-order chi connectivity index (χ0) is 15.1. The Hall–Kier alpha value is -1.14. The number of aliphatic hydroxyl groups is 2. The zero-order valence-corrected chi connectivity index (χ0v) is 12.6. The van der Waals surface area contributed by atoms with Gasteiger partial charge in [-0.05, 0) is 21.0 Å². The van der Waals surface area contributed by atoms with E-state index in [0.29, 0.717) is 31.9 Å². The van der Waals surface area contributed by atoms with Crippen LogP contribution in [0.25, 0.3) is 0 Å². The highest BCUT2D eigenvalue weighted by Crippen LogP contribution is 2.26. The van der Waals surface area contributed by atoms with Crippen LogP contribution in [0.5, 0.6) is 5.75 Å². The van der Waals surface area contributed by atoms with E-state index in [2.05, 4.69) is 0 Å². The first-order valence-electron chi connectivity index (χ1n) is 6.88. The first-order chi connectivity index (χ1) is 9.47. The number of phenolic OH excluding ortho intramolecular Hbond substituents is 1. The first-order valence-corrected chi connectivity index (χ1v) is 6.88. The molecule has 1 rings (SSSR count). The maximum atomic E-state index is 10.4. The van der Waals surface area contributed by atoms with E-state index in [4.69, 9.17) is 10.2 Å². The van der Waals surface area contributed by atoms with Crippen LogP contribution in [0.1, 0.15) is 16.7 Å². The Kier molecular flexibility index (Phi) is 6.95. The molecule has 0 bridgehead atoms. The summed E-state index contributed by atoms with van der Waals surface area (Å²) in [7, 11) is 3.82. The minimum atomic E-state index is 0.106. The lowest BCUT2D eigenvalue weighted by molar-refractivity contribution is 0.213. The highest BCUT2D eigenvalue weighted by molar-refractivity contribution is 5.43. The van der Waals surface area contributed by atoms with E-state index in [1.54, 1.807) is 0 Å². The van der Waals surface area contributed by atoms with Crippen LogP contribution in [-0.2, 0) is 13.1 Å². The van der Waals surface area contributed by atoms with E-state index in [9.17, 15) is 5.11 Å². The molecule has 114 valence electrons. The van der Waals surface area contributed by atoms with Gasteiger partial charge < -0.3 is 15.3 Å². The first kappa shape index (κ1) is 16.9. The van der Waals surface area contributed by atoms with Crippen LogP contribution in [0.4, 0.5) is 0 Å². The molecule has 0 aliphatic rings. The van der Waals surface area contributed by atoms with Gasteiger partial charge in [0.25, 0.3) is 0 Å². The largest absolute Gasteiger partial charge is 0.507 e. The standard InChI is InChI=1S/C15H26N2O3/c1-12-8-13(10-16(2)4-6-18)15(20)14(9-12)11-17(3)5-7-19/h8-9,18-20H,4-7,10-11H2,1-3H3. The Morgan fingerprint density at radius 2 is 1.30 bits per heavy atom. The Bertz CT molecular complexity index is 389. The summed E-state index contributed by atoms with van der Waals surface area (Å²) in [6, 6.07) is 3.94. The minimum absolute atomic E-state index is 0.106. The molecule has 0 atom stereocenters. The van der Waals surface area contributed by atoms with Crippen molar-refractivity contribution in [2.45, 2.75) is 20.0 Å². The molecular formula is C15H26N2O3. The second kappa shape index (κ2) is 8.21. The van der Waals surface area contributed by atoms with Crippen molar-refractivity contribution < 1.29 is 15.3 Å². The molecule has 0 saturated heterocycles. The topological polar surface area (TPSA) is 67.2 Å². The quantitative estimate of drug-likeness (QED) is 0.650. The van der Waals surface area contributed by atoms with Gasteiger partial charge in [0.2, 0.25) is 0 Å². The summed E-state index contributed by atoms with van der Waals surface area (Å²) < 4.78 is 0. The third kappa shape index (κ3) is 5.09. The number of aliphatic hydroxyl groups excluding tert-OH is 2. The lowest BCUT2D eigenvalue weighted by Gasteiger charge is -2.20. The maximum Gasteiger partial charge on any atom is 0.124 e. The van der Waals surface area contributed by atoms with Crippen LogP contribution < -0.4 is 0 Å². The molecule has 5 nitrogen and oxygen atoms in total. The van der Waals surface area contributed by atoms with E-state index in [0.717, 1.165) is 16.7 Å². The van der Waals surface area contributed by atoms with Gasteiger partial charge in [-0.15, -0.1) is 0 Å². The Morgan fingerprint density at radius 3 is 1.65 bits per heavy atom. The average molecular weight is 282 g/mol. The fraction of sp³-hybridized carbons (Fsp3) is 0.600. The Labute approximate surface area is 121 Å². The van der Waals surface area contributed by atoms with Gasteiger partial charge in [0.05, 0.1) is 13.2 Å². The molecule has 0 spiro atoms. The van der Waals surface area contributed by atoms with Gasteiger partial charge in [0.15, 0.2) is 0 Å². The summed E-state index contributed by atoms with van der Waals surface area (Å²) in [5, 5.41) is 28.2. The summed E-state index contributed by atoms with van der Waals surface area (Å²) in [5.74, 6) is 0.310. The van der Waals surface area contributed by atoms with Gasteiger partial charge in [-0.1, -0.05) is 17.7 Å². The monoisotopic (exact) mass is 282 g/mol. The molecule has 3 N–H and O–H groups in total. The predicted molar refractivity (Wildman–Crippen MR) is 79.7 cm³/mol. The van der Waals surface area contributed by atoms with Crippen molar-refractivity contribution in [2.24, 2.45) is 0 Å². The molecule has 5 heteroatoms. The van der Waals surface area contributed by atoms with Crippen molar-refractivity contribution in [3.63, 3.8) is 0 Å². The molecular weight excluding hydrogens is 256 g/mol. The van der Waals surface area contributed by atoms with Crippen LogP contribution in [0.3, 0.4) is 0 Å². The van der Waals surface area contributed by atoms with Crippen molar-refractivity contribution in [3.05, 3.63) is 28.8 Å². The lowest BCUT2D eigenvalue weighted by Crippen LogP contribution is -2.23. The molecule has 0 radical (unpaired) electrons. The number of hydrogen-bond acceptors (Lipinski definition) is 5. The molecule has 0 heterocycles. The van der Waals surface area contributed by atoms with Crippen LogP contribution in [0, 0.1) is 6.92 Å². The van der Waals surface area contributed by atoms with Gasteiger partial charge >= 0.3 is 0 Å². The fourth-order valence-electron chi connectivity index (χ4n) is 2.26. The van der Waals surface area contributed by atoms with E-state index in [1.807, 2.05) is 43.0 Å². The van der Waals surface area contributed by atoms with Gasteiger partial charge in [0, 0.05) is 37.3 Å². The molecule has 1 aromatic carbocycles. The predicted octanol–water partition coefficient (Wildman–Crippen LogP) is 0.549.